The SMILES string of the molecule is CC.CCc1cc(C(C)(F)F)cc(C(F)(F)F)c1. The third kappa shape index (κ3) is 4.63. The number of halogens is 5. The zero-order chi connectivity index (χ0) is 14.6. The Kier molecular flexibility index (Phi) is 5.77. The lowest BCUT2D eigenvalue weighted by atomic mass is 10.0. The fraction of sp³-hybridized carbons (Fsp3) is 0.538. The molecule has 1 aromatic rings. The van der Waals surface area contributed by atoms with Crippen molar-refractivity contribution in [2.75, 3.05) is 0 Å². The summed E-state index contributed by atoms with van der Waals surface area (Å²) >= 11 is 0. The van der Waals surface area contributed by atoms with Crippen molar-refractivity contribution in [2.45, 2.75) is 46.2 Å². The van der Waals surface area contributed by atoms with Crippen LogP contribution in [0.15, 0.2) is 18.2 Å². The fourth-order valence-electron chi connectivity index (χ4n) is 1.31. The van der Waals surface area contributed by atoms with E-state index in [-0.39, 0.29) is 12.0 Å². The van der Waals surface area contributed by atoms with Gasteiger partial charge in [-0.3, -0.25) is 0 Å². The van der Waals surface area contributed by atoms with E-state index in [1.54, 1.807) is 6.92 Å². The van der Waals surface area contributed by atoms with Crippen LogP contribution in [0.1, 0.15) is 44.4 Å². The first-order valence-corrected chi connectivity index (χ1v) is 5.74. The van der Waals surface area contributed by atoms with E-state index in [0.29, 0.717) is 13.0 Å². The van der Waals surface area contributed by atoms with Gasteiger partial charge in [0.25, 0.3) is 5.92 Å². The quantitative estimate of drug-likeness (QED) is 0.629. The Morgan fingerprint density at radius 3 is 1.67 bits per heavy atom. The van der Waals surface area contributed by atoms with Crippen LogP contribution in [0.25, 0.3) is 0 Å². The summed E-state index contributed by atoms with van der Waals surface area (Å²) in [6.07, 6.45) is -4.31. The highest BCUT2D eigenvalue weighted by Gasteiger charge is 2.34. The lowest BCUT2D eigenvalue weighted by Crippen LogP contribution is -2.12. The van der Waals surface area contributed by atoms with E-state index in [2.05, 4.69) is 0 Å². The summed E-state index contributed by atoms with van der Waals surface area (Å²) < 4.78 is 63.2. The van der Waals surface area contributed by atoms with Crippen molar-refractivity contribution in [3.05, 3.63) is 34.9 Å². The van der Waals surface area contributed by atoms with Crippen LogP contribution in [0.4, 0.5) is 22.0 Å². The monoisotopic (exact) mass is 268 g/mol. The molecule has 104 valence electrons. The van der Waals surface area contributed by atoms with Crippen molar-refractivity contribution < 1.29 is 22.0 Å². The minimum absolute atomic E-state index is 0.256. The first-order chi connectivity index (χ1) is 8.14. The number of alkyl halides is 5. The minimum Gasteiger partial charge on any atom is -0.202 e. The van der Waals surface area contributed by atoms with Crippen molar-refractivity contribution in [1.82, 2.24) is 0 Å². The predicted molar refractivity (Wildman–Crippen MR) is 61.7 cm³/mol. The van der Waals surface area contributed by atoms with Gasteiger partial charge in [0.05, 0.1) is 5.56 Å². The summed E-state index contributed by atoms with van der Waals surface area (Å²) in [4.78, 5) is 0. The van der Waals surface area contributed by atoms with Crippen LogP contribution in [-0.2, 0) is 18.5 Å². The maximum absolute atomic E-state index is 13.0. The molecule has 0 N–H and O–H groups in total. The lowest BCUT2D eigenvalue weighted by Gasteiger charge is -2.15. The lowest BCUT2D eigenvalue weighted by molar-refractivity contribution is -0.137. The van der Waals surface area contributed by atoms with Crippen LogP contribution in [-0.4, -0.2) is 0 Å². The molecule has 0 atom stereocenters. The Bertz CT molecular complexity index is 342. The molecule has 0 heterocycles. The van der Waals surface area contributed by atoms with Gasteiger partial charge in [-0.15, -0.1) is 0 Å². The maximum atomic E-state index is 13.0. The van der Waals surface area contributed by atoms with Gasteiger partial charge in [-0.1, -0.05) is 20.8 Å². The second-order valence-corrected chi connectivity index (χ2v) is 3.66. The first-order valence-electron chi connectivity index (χ1n) is 5.74. The highest BCUT2D eigenvalue weighted by Crippen LogP contribution is 2.35. The smallest absolute Gasteiger partial charge is 0.202 e. The zero-order valence-corrected chi connectivity index (χ0v) is 10.8. The molecule has 0 fully saturated rings. The Labute approximate surface area is 104 Å². The van der Waals surface area contributed by atoms with Gasteiger partial charge in [-0.25, -0.2) is 8.78 Å². The summed E-state index contributed by atoms with van der Waals surface area (Å²) in [5, 5.41) is 0. The van der Waals surface area contributed by atoms with Gasteiger partial charge in [-0.2, -0.15) is 13.2 Å². The van der Waals surface area contributed by atoms with E-state index >= 15 is 0 Å². The van der Waals surface area contributed by atoms with Crippen molar-refractivity contribution in [3.8, 4) is 0 Å². The zero-order valence-electron chi connectivity index (χ0n) is 10.8. The first kappa shape index (κ1) is 16.9. The molecule has 0 saturated carbocycles. The molecule has 0 aliphatic rings. The second kappa shape index (κ2) is 6.16. The third-order valence-electron chi connectivity index (χ3n) is 2.24. The largest absolute Gasteiger partial charge is 0.416 e. The summed E-state index contributed by atoms with van der Waals surface area (Å²) in [6.45, 7) is 6.20. The van der Waals surface area contributed by atoms with E-state index in [1.807, 2.05) is 13.8 Å². The molecule has 0 aliphatic carbocycles. The third-order valence-corrected chi connectivity index (χ3v) is 2.24. The predicted octanol–water partition coefficient (Wildman–Crippen LogP) is 5.41. The topological polar surface area (TPSA) is 0 Å². The molecule has 5 heteroatoms. The van der Waals surface area contributed by atoms with E-state index in [0.717, 1.165) is 12.1 Å². The second-order valence-electron chi connectivity index (χ2n) is 3.66. The Morgan fingerprint density at radius 1 is 0.889 bits per heavy atom. The average molecular weight is 268 g/mol. The van der Waals surface area contributed by atoms with E-state index in [9.17, 15) is 22.0 Å². The molecule has 18 heavy (non-hydrogen) atoms. The van der Waals surface area contributed by atoms with E-state index in [4.69, 9.17) is 0 Å². The molecule has 1 rings (SSSR count). The number of hydrogen-bond acceptors (Lipinski definition) is 0. The van der Waals surface area contributed by atoms with Crippen molar-refractivity contribution >= 4 is 0 Å². The van der Waals surface area contributed by atoms with Gasteiger partial charge < -0.3 is 0 Å². The number of rotatable bonds is 2. The number of aryl methyl sites for hydroxylation is 1. The standard InChI is InChI=1S/C11H11F5.C2H6/c1-3-7-4-8(10(2,12)13)6-9(5-7)11(14,15)16;1-2/h4-6H,3H2,1-2H3;1-2H3. The summed E-state index contributed by atoms with van der Waals surface area (Å²) in [5.41, 5.74) is -1.37. The molecule has 1 aromatic carbocycles. The van der Waals surface area contributed by atoms with Gasteiger partial charge in [0, 0.05) is 12.5 Å². The highest BCUT2D eigenvalue weighted by atomic mass is 19.4. The molecule has 0 unspecified atom stereocenters. The molecule has 0 saturated heterocycles. The normalized spacial score (nSPS) is 11.8. The molecule has 0 spiro atoms. The summed E-state index contributed by atoms with van der Waals surface area (Å²) in [5.74, 6) is -3.26. The van der Waals surface area contributed by atoms with Crippen molar-refractivity contribution in [1.29, 1.82) is 0 Å². The highest BCUT2D eigenvalue weighted by molar-refractivity contribution is 5.34. The minimum atomic E-state index is -4.59. The maximum Gasteiger partial charge on any atom is 0.416 e. The van der Waals surface area contributed by atoms with Crippen LogP contribution in [0.3, 0.4) is 0 Å². The van der Waals surface area contributed by atoms with Crippen molar-refractivity contribution in [3.63, 3.8) is 0 Å². The van der Waals surface area contributed by atoms with Crippen LogP contribution in [0.5, 0.6) is 0 Å². The van der Waals surface area contributed by atoms with Gasteiger partial charge in [0.15, 0.2) is 0 Å². The van der Waals surface area contributed by atoms with E-state index in [1.165, 1.54) is 0 Å². The fourth-order valence-corrected chi connectivity index (χ4v) is 1.31. The molecular weight excluding hydrogens is 251 g/mol. The molecule has 0 nitrogen and oxygen atoms in total. The molecule has 0 aliphatic heterocycles. The number of hydrogen-bond donors (Lipinski definition) is 0. The van der Waals surface area contributed by atoms with Crippen LogP contribution in [0, 0.1) is 0 Å². The summed E-state index contributed by atoms with van der Waals surface area (Å²) in [7, 11) is 0. The van der Waals surface area contributed by atoms with Crippen LogP contribution >= 0.6 is 0 Å². The van der Waals surface area contributed by atoms with E-state index < -0.39 is 23.2 Å². The van der Waals surface area contributed by atoms with Crippen LogP contribution < -0.4 is 0 Å². The summed E-state index contributed by atoms with van der Waals surface area (Å²) in [6, 6.07) is 2.50. The molecule has 0 aromatic heterocycles. The van der Waals surface area contributed by atoms with Crippen molar-refractivity contribution in [2.24, 2.45) is 0 Å². The molecule has 0 bridgehead atoms. The molecular formula is C13H17F5. The van der Waals surface area contributed by atoms with Gasteiger partial charge in [0.1, 0.15) is 0 Å². The molecule has 0 amide bonds. The van der Waals surface area contributed by atoms with Gasteiger partial charge >= 0.3 is 6.18 Å². The average Bonchev–Trinajstić information content (AvgIpc) is 2.29. The number of benzene rings is 1. The van der Waals surface area contributed by atoms with Crippen LogP contribution in [0.2, 0.25) is 0 Å². The Balaban J connectivity index is 0.00000137. The van der Waals surface area contributed by atoms with Gasteiger partial charge in [0.2, 0.25) is 0 Å². The Morgan fingerprint density at radius 2 is 1.33 bits per heavy atom. The Hall–Kier alpha value is -1.13. The van der Waals surface area contributed by atoms with Gasteiger partial charge in [-0.05, 0) is 30.2 Å². The molecule has 0 radical (unpaired) electrons.